The minimum atomic E-state index is 0.189. The van der Waals surface area contributed by atoms with Crippen LogP contribution in [0.1, 0.15) is 46.2 Å². The molecule has 0 saturated heterocycles. The molecular weight excluding hydrogens is 248 g/mol. The lowest BCUT2D eigenvalue weighted by Crippen LogP contribution is -2.36. The Bertz CT molecular complexity index is 410. The average Bonchev–Trinajstić information content (AvgIpc) is 2.26. The summed E-state index contributed by atoms with van der Waals surface area (Å²) in [6, 6.07) is 8.51. The van der Waals surface area contributed by atoms with Gasteiger partial charge in [0.15, 0.2) is 0 Å². The molecule has 1 unspecified atom stereocenters. The van der Waals surface area contributed by atoms with Crippen molar-refractivity contribution in [2.24, 2.45) is 11.1 Å². The van der Waals surface area contributed by atoms with Gasteiger partial charge in [-0.3, -0.25) is 4.90 Å². The van der Waals surface area contributed by atoms with E-state index in [9.17, 15) is 0 Å². The van der Waals surface area contributed by atoms with Crippen LogP contribution in [0.5, 0.6) is 5.75 Å². The topological polar surface area (TPSA) is 38.5 Å². The first-order chi connectivity index (χ1) is 9.23. The summed E-state index contributed by atoms with van der Waals surface area (Å²) in [6.45, 7) is 12.4. The molecule has 0 aliphatic rings. The molecule has 0 aromatic heterocycles. The quantitative estimate of drug-likeness (QED) is 0.866. The van der Waals surface area contributed by atoms with E-state index in [1.807, 2.05) is 26.0 Å². The second-order valence-corrected chi connectivity index (χ2v) is 6.97. The van der Waals surface area contributed by atoms with E-state index in [0.717, 1.165) is 12.3 Å². The van der Waals surface area contributed by atoms with E-state index in [0.29, 0.717) is 6.54 Å². The van der Waals surface area contributed by atoms with Gasteiger partial charge in [0.05, 0.1) is 6.10 Å². The molecule has 1 aromatic rings. The first-order valence-corrected chi connectivity index (χ1v) is 7.40. The lowest BCUT2D eigenvalue weighted by Gasteiger charge is -2.33. The van der Waals surface area contributed by atoms with Gasteiger partial charge in [-0.2, -0.15) is 0 Å². The predicted molar refractivity (Wildman–Crippen MR) is 86.1 cm³/mol. The van der Waals surface area contributed by atoms with Crippen LogP contribution in [0, 0.1) is 5.41 Å². The van der Waals surface area contributed by atoms with Crippen molar-refractivity contribution in [1.29, 1.82) is 0 Å². The normalized spacial score (nSPS) is 13.8. The molecule has 20 heavy (non-hydrogen) atoms. The van der Waals surface area contributed by atoms with Crippen LogP contribution in [0.4, 0.5) is 0 Å². The summed E-state index contributed by atoms with van der Waals surface area (Å²) in [5, 5.41) is 0. The fraction of sp³-hybridized carbons (Fsp3) is 0.647. The molecule has 0 saturated carbocycles. The van der Waals surface area contributed by atoms with Crippen molar-refractivity contribution in [3.8, 4) is 5.75 Å². The maximum Gasteiger partial charge on any atom is 0.120 e. The Balaban J connectivity index is 2.89. The Hall–Kier alpha value is -1.06. The fourth-order valence-electron chi connectivity index (χ4n) is 2.50. The summed E-state index contributed by atoms with van der Waals surface area (Å²) in [6.07, 6.45) is 0.189. The van der Waals surface area contributed by atoms with Gasteiger partial charge >= 0.3 is 0 Å². The first kappa shape index (κ1) is 17.0. The molecule has 0 aliphatic heterocycles. The standard InChI is InChI=1S/C17H30N2O/c1-13(2)20-15-9-7-8-14(10-15)16(11-18)19(6)12-17(3,4)5/h7-10,13,16H,11-12,18H2,1-6H3. The Kier molecular flexibility index (Phi) is 6.03. The summed E-state index contributed by atoms with van der Waals surface area (Å²) in [5.41, 5.74) is 7.47. The van der Waals surface area contributed by atoms with Crippen LogP contribution in [0.2, 0.25) is 0 Å². The second-order valence-electron chi connectivity index (χ2n) is 6.97. The molecule has 0 spiro atoms. The number of likely N-dealkylation sites (N-methyl/N-ethyl adjacent to an activating group) is 1. The van der Waals surface area contributed by atoms with Gasteiger partial charge in [0.2, 0.25) is 0 Å². The van der Waals surface area contributed by atoms with Crippen molar-refractivity contribution in [3.05, 3.63) is 29.8 Å². The maximum atomic E-state index is 5.99. The van der Waals surface area contributed by atoms with Crippen molar-refractivity contribution in [2.75, 3.05) is 20.1 Å². The van der Waals surface area contributed by atoms with Gasteiger partial charge in [0.1, 0.15) is 5.75 Å². The van der Waals surface area contributed by atoms with Gasteiger partial charge in [-0.05, 0) is 44.0 Å². The summed E-state index contributed by atoms with van der Waals surface area (Å²) in [7, 11) is 2.14. The van der Waals surface area contributed by atoms with Gasteiger partial charge in [-0.15, -0.1) is 0 Å². The number of ether oxygens (including phenoxy) is 1. The lowest BCUT2D eigenvalue weighted by atomic mass is 9.94. The summed E-state index contributed by atoms with van der Waals surface area (Å²) >= 11 is 0. The van der Waals surface area contributed by atoms with Crippen LogP contribution >= 0.6 is 0 Å². The molecule has 0 radical (unpaired) electrons. The zero-order chi connectivity index (χ0) is 15.3. The zero-order valence-electron chi connectivity index (χ0n) is 13.8. The third-order valence-corrected chi connectivity index (χ3v) is 3.09. The Morgan fingerprint density at radius 3 is 2.40 bits per heavy atom. The van der Waals surface area contributed by atoms with E-state index in [-0.39, 0.29) is 17.6 Å². The van der Waals surface area contributed by atoms with Crippen molar-refractivity contribution < 1.29 is 4.74 Å². The monoisotopic (exact) mass is 278 g/mol. The molecule has 114 valence electrons. The van der Waals surface area contributed by atoms with Crippen LogP contribution in [-0.2, 0) is 0 Å². The number of hydrogen-bond donors (Lipinski definition) is 1. The van der Waals surface area contributed by atoms with E-state index in [1.54, 1.807) is 0 Å². The second kappa shape index (κ2) is 7.09. The minimum Gasteiger partial charge on any atom is -0.491 e. The van der Waals surface area contributed by atoms with Gasteiger partial charge in [0.25, 0.3) is 0 Å². The summed E-state index contributed by atoms with van der Waals surface area (Å²) in [5.74, 6) is 0.917. The van der Waals surface area contributed by atoms with Crippen LogP contribution in [0.15, 0.2) is 24.3 Å². The smallest absolute Gasteiger partial charge is 0.120 e. The Morgan fingerprint density at radius 1 is 1.25 bits per heavy atom. The Labute approximate surface area is 124 Å². The SMILES string of the molecule is CC(C)Oc1cccc(C(CN)N(C)CC(C)(C)C)c1. The highest BCUT2D eigenvalue weighted by Gasteiger charge is 2.21. The Morgan fingerprint density at radius 2 is 1.90 bits per heavy atom. The van der Waals surface area contributed by atoms with Gasteiger partial charge in [-0.25, -0.2) is 0 Å². The van der Waals surface area contributed by atoms with Crippen LogP contribution in [0.25, 0.3) is 0 Å². The largest absolute Gasteiger partial charge is 0.491 e. The van der Waals surface area contributed by atoms with Gasteiger partial charge in [0, 0.05) is 19.1 Å². The highest BCUT2D eigenvalue weighted by molar-refractivity contribution is 5.31. The highest BCUT2D eigenvalue weighted by atomic mass is 16.5. The first-order valence-electron chi connectivity index (χ1n) is 7.40. The summed E-state index contributed by atoms with van der Waals surface area (Å²) < 4.78 is 5.77. The molecule has 3 nitrogen and oxygen atoms in total. The zero-order valence-corrected chi connectivity index (χ0v) is 13.8. The molecule has 0 bridgehead atoms. The number of nitrogens with two attached hydrogens (primary N) is 1. The molecule has 0 heterocycles. The maximum absolute atomic E-state index is 5.99. The van der Waals surface area contributed by atoms with Gasteiger partial charge in [-0.1, -0.05) is 32.9 Å². The molecule has 1 aromatic carbocycles. The van der Waals surface area contributed by atoms with Gasteiger partial charge < -0.3 is 10.5 Å². The van der Waals surface area contributed by atoms with Crippen LogP contribution in [0.3, 0.4) is 0 Å². The predicted octanol–water partition coefficient (Wildman–Crippen LogP) is 3.45. The van der Waals surface area contributed by atoms with E-state index < -0.39 is 0 Å². The highest BCUT2D eigenvalue weighted by Crippen LogP contribution is 2.26. The fourth-order valence-corrected chi connectivity index (χ4v) is 2.50. The molecular formula is C17H30N2O. The molecule has 0 aliphatic carbocycles. The van der Waals surface area contributed by atoms with E-state index in [2.05, 4.69) is 44.9 Å². The lowest BCUT2D eigenvalue weighted by molar-refractivity contribution is 0.175. The molecule has 0 fully saturated rings. The summed E-state index contributed by atoms with van der Waals surface area (Å²) in [4.78, 5) is 2.33. The van der Waals surface area contributed by atoms with E-state index >= 15 is 0 Å². The average molecular weight is 278 g/mol. The van der Waals surface area contributed by atoms with Crippen LogP contribution in [-0.4, -0.2) is 31.1 Å². The third-order valence-electron chi connectivity index (χ3n) is 3.09. The van der Waals surface area contributed by atoms with E-state index in [1.165, 1.54) is 5.56 Å². The minimum absolute atomic E-state index is 0.189. The van der Waals surface area contributed by atoms with Crippen LogP contribution < -0.4 is 10.5 Å². The molecule has 1 rings (SSSR count). The number of benzene rings is 1. The van der Waals surface area contributed by atoms with Crippen molar-refractivity contribution >= 4 is 0 Å². The van der Waals surface area contributed by atoms with Crippen molar-refractivity contribution in [3.63, 3.8) is 0 Å². The van der Waals surface area contributed by atoms with E-state index in [4.69, 9.17) is 10.5 Å². The van der Waals surface area contributed by atoms with Crippen molar-refractivity contribution in [2.45, 2.75) is 46.8 Å². The third kappa shape index (κ3) is 5.51. The number of rotatable bonds is 6. The van der Waals surface area contributed by atoms with Crippen molar-refractivity contribution in [1.82, 2.24) is 4.90 Å². The number of nitrogens with zero attached hydrogens (tertiary/aromatic N) is 1. The number of hydrogen-bond acceptors (Lipinski definition) is 3. The molecule has 3 heteroatoms. The molecule has 2 N–H and O–H groups in total. The molecule has 1 atom stereocenters. The molecule has 0 amide bonds.